The van der Waals surface area contributed by atoms with Gasteiger partial charge in [0.2, 0.25) is 0 Å². The third-order valence-corrected chi connectivity index (χ3v) is 18.7. The summed E-state index contributed by atoms with van der Waals surface area (Å²) in [5.41, 5.74) is 39.0. The highest BCUT2D eigenvalue weighted by Gasteiger charge is 2.30. The number of rotatable bonds is 3. The molecule has 9 aromatic rings. The minimum Gasteiger partial charge on any atom is -0.101 e. The van der Waals surface area contributed by atoms with Crippen molar-refractivity contribution in [1.82, 2.24) is 0 Å². The van der Waals surface area contributed by atoms with Crippen molar-refractivity contribution in [3.8, 4) is 33.4 Å². The maximum atomic E-state index is 2.51. The van der Waals surface area contributed by atoms with Crippen LogP contribution in [-0.4, -0.2) is 173 Å². The first-order valence-electron chi connectivity index (χ1n) is 24.5. The lowest BCUT2D eigenvalue weighted by atomic mass is 9.56. The minimum atomic E-state index is 1.31. The third kappa shape index (κ3) is 6.10. The molecular weight excluding hydrogens is 766 g/mol. The molecule has 66 heavy (non-hydrogen) atoms. The maximum absolute atomic E-state index is 2.51. The molecule has 0 aromatic heterocycles. The van der Waals surface area contributed by atoms with Crippen molar-refractivity contribution in [2.24, 2.45) is 0 Å². The smallest absolute Gasteiger partial charge is 0.101 e. The molecule has 0 unspecified atom stereocenters. The second kappa shape index (κ2) is 16.2. The van der Waals surface area contributed by atoms with Crippen LogP contribution in [0.4, 0.5) is 0 Å². The Morgan fingerprint density at radius 1 is 0.167 bits per heavy atom. The van der Waals surface area contributed by atoms with Gasteiger partial charge in [0, 0.05) is 0 Å². The Balaban J connectivity index is 1.56. The highest BCUT2D eigenvalue weighted by atomic mass is 14.3. The first-order chi connectivity index (χ1) is 31.0. The molecule has 0 bridgehead atoms. The Kier molecular flexibility index (Phi) is 11.5. The van der Waals surface area contributed by atoms with Gasteiger partial charge in [0.05, 0.1) is 0 Å². The number of benzene rings is 9. The van der Waals surface area contributed by atoms with Gasteiger partial charge < -0.3 is 0 Å². The van der Waals surface area contributed by atoms with Gasteiger partial charge in [-0.1, -0.05) is 107 Å². The molecule has 9 aromatic carbocycles. The van der Waals surface area contributed by atoms with Crippen molar-refractivity contribution in [2.75, 3.05) is 0 Å². The van der Waals surface area contributed by atoms with E-state index in [1.165, 1.54) is 207 Å². The van der Waals surface area contributed by atoms with Gasteiger partial charge in [0.15, 0.2) is 0 Å². The van der Waals surface area contributed by atoms with E-state index in [9.17, 15) is 0 Å². The molecule has 0 N–H and O–H groups in total. The summed E-state index contributed by atoms with van der Waals surface area (Å²) in [7, 11) is 52.1. The molecule has 0 fully saturated rings. The van der Waals surface area contributed by atoms with Crippen LogP contribution in [0.5, 0.6) is 0 Å². The van der Waals surface area contributed by atoms with Crippen LogP contribution in [0.1, 0.15) is 0 Å². The summed E-state index contributed by atoms with van der Waals surface area (Å²) in [6.45, 7) is 0. The minimum absolute atomic E-state index is 1.31. The lowest BCUT2D eigenvalue weighted by molar-refractivity contribution is 1.71. The fraction of sp³-hybridized carbons (Fsp3) is 0. The van der Waals surface area contributed by atoms with Crippen molar-refractivity contribution >= 4 is 347 Å². The summed E-state index contributed by atoms with van der Waals surface area (Å²) in [4.78, 5) is 0. The van der Waals surface area contributed by atoms with Gasteiger partial charge in [-0.2, -0.15) is 0 Å². The summed E-state index contributed by atoms with van der Waals surface area (Å²) in [5.74, 6) is 0. The van der Waals surface area contributed by atoms with Crippen LogP contribution < -0.4 is 120 Å². The molecule has 0 aliphatic rings. The van der Waals surface area contributed by atoms with Crippen LogP contribution >= 0.6 is 0 Å². The lowest BCUT2D eigenvalue weighted by Gasteiger charge is -2.31. The molecule has 0 radical (unpaired) electrons. The fourth-order valence-electron chi connectivity index (χ4n) is 13.1. The van der Waals surface area contributed by atoms with Crippen molar-refractivity contribution in [1.29, 1.82) is 0 Å². The van der Waals surface area contributed by atoms with Crippen LogP contribution in [0.3, 0.4) is 0 Å². The largest absolute Gasteiger partial charge is 0.140 e. The molecule has 22 heteroatoms. The van der Waals surface area contributed by atoms with Gasteiger partial charge in [0.1, 0.15) is 173 Å². The molecule has 0 aliphatic carbocycles. The van der Waals surface area contributed by atoms with E-state index in [1.54, 1.807) is 0 Å². The van der Waals surface area contributed by atoms with Crippen molar-refractivity contribution in [3.63, 3.8) is 0 Å². The Hall–Kier alpha value is -4.29. The zero-order chi connectivity index (χ0) is 48.2. The third-order valence-electron chi connectivity index (χ3n) is 18.7. The predicted molar refractivity (Wildman–Crippen MR) is 370 cm³/mol. The van der Waals surface area contributed by atoms with Crippen LogP contribution in [-0.2, 0) is 0 Å². The second-order valence-electron chi connectivity index (χ2n) is 21.0. The SMILES string of the molecule is Bc1c(B)c(B)c2c(B)c(-c3ccc(-c4c5c(B)c(B)c(B)c(B)c5c(-c5c(B)c(B)c(B)c6c(B)c(B)c(B)c(B)c56)c5c(B)c(B)c(B)c(B)c45)c4ccccc34)c(B)c(B)c2c1B. The molecule has 0 saturated heterocycles. The van der Waals surface area contributed by atoms with Gasteiger partial charge in [-0.15, -0.1) is 49.2 Å². The molecule has 0 spiro atoms. The molecule has 0 atom stereocenters. The highest BCUT2D eigenvalue weighted by molar-refractivity contribution is 6.76. The van der Waals surface area contributed by atoms with Gasteiger partial charge >= 0.3 is 0 Å². The summed E-state index contributed by atoms with van der Waals surface area (Å²) in [6.07, 6.45) is 0. The first-order valence-corrected chi connectivity index (χ1v) is 24.5. The standard InChI is InChI=1S/C44H50B22/c45-23-12(24(46)31(53)22-21(23)34(56)43(65)44(66)35(22)57)10-6-5-9(7-3-1-2-4-8(7)10)11-14-16(28(50)39(61)37(59)25(14)47)13(17-15(11)26(48)38(60)40(62)29(17)51)18-19-20(32(54)36(58)27(18)49)33(55)42(64)41(63)30(19)52/h1-6H,45-66H2. The van der Waals surface area contributed by atoms with E-state index in [1.807, 2.05) is 0 Å². The predicted octanol–water partition coefficient (Wildman–Crippen LogP) is -25.9. The van der Waals surface area contributed by atoms with Gasteiger partial charge in [-0.3, -0.25) is 0 Å². The first kappa shape index (κ1) is 46.8. The number of fused-ring (bicyclic) bond motifs is 5. The lowest BCUT2D eigenvalue weighted by Crippen LogP contribution is -2.53. The normalized spacial score (nSPS) is 11.8. The Bertz CT molecular complexity index is 3690. The van der Waals surface area contributed by atoms with E-state index in [2.05, 4.69) is 209 Å². The van der Waals surface area contributed by atoms with Crippen molar-refractivity contribution in [2.45, 2.75) is 0 Å². The Morgan fingerprint density at radius 2 is 0.394 bits per heavy atom. The molecule has 292 valence electrons. The van der Waals surface area contributed by atoms with Gasteiger partial charge in [0.25, 0.3) is 0 Å². The zero-order valence-corrected chi connectivity index (χ0v) is 44.5. The number of hydrogen-bond donors (Lipinski definition) is 0. The molecule has 0 aliphatic heterocycles. The van der Waals surface area contributed by atoms with Crippen LogP contribution in [0.15, 0.2) is 36.4 Å². The maximum Gasteiger partial charge on any atom is 0.140 e. The van der Waals surface area contributed by atoms with E-state index in [-0.39, 0.29) is 0 Å². The van der Waals surface area contributed by atoms with Crippen molar-refractivity contribution < 1.29 is 0 Å². The van der Waals surface area contributed by atoms with E-state index in [4.69, 9.17) is 0 Å². The molecule has 9 rings (SSSR count). The van der Waals surface area contributed by atoms with Gasteiger partial charge in [-0.25, -0.2) is 0 Å². The van der Waals surface area contributed by atoms with E-state index in [0.29, 0.717) is 0 Å². The molecule has 0 nitrogen and oxygen atoms in total. The monoisotopic (exact) mass is 821 g/mol. The van der Waals surface area contributed by atoms with Crippen LogP contribution in [0, 0.1) is 0 Å². The average molecular weight is 817 g/mol. The molecular formula is C44H50B22. The number of hydrogen-bond acceptors (Lipinski definition) is 0. The fourth-order valence-corrected chi connectivity index (χ4v) is 13.1. The average Bonchev–Trinajstić information content (AvgIpc) is 3.30. The Morgan fingerprint density at radius 3 is 0.758 bits per heavy atom. The quantitative estimate of drug-likeness (QED) is 0.123. The van der Waals surface area contributed by atoms with E-state index in [0.717, 1.165) is 0 Å². The highest BCUT2D eigenvalue weighted by Crippen LogP contribution is 2.44. The van der Waals surface area contributed by atoms with Crippen LogP contribution in [0.25, 0.3) is 87.2 Å². The summed E-state index contributed by atoms with van der Waals surface area (Å²) in [5, 5.41) is 14.0. The van der Waals surface area contributed by atoms with Gasteiger partial charge in [-0.05, 0) is 87.2 Å². The molecule has 0 saturated carbocycles. The summed E-state index contributed by atoms with van der Waals surface area (Å²) >= 11 is 0. The zero-order valence-electron chi connectivity index (χ0n) is 44.5. The van der Waals surface area contributed by atoms with E-state index < -0.39 is 0 Å². The summed E-state index contributed by atoms with van der Waals surface area (Å²) in [6, 6.07) is 14.3. The topological polar surface area (TPSA) is 0 Å². The Labute approximate surface area is 413 Å². The van der Waals surface area contributed by atoms with Crippen molar-refractivity contribution in [3.05, 3.63) is 36.4 Å². The molecule has 0 amide bonds. The summed E-state index contributed by atoms with van der Waals surface area (Å²) < 4.78 is 0. The molecule has 0 heterocycles. The van der Waals surface area contributed by atoms with E-state index >= 15 is 0 Å². The van der Waals surface area contributed by atoms with Crippen LogP contribution in [0.2, 0.25) is 0 Å². The second-order valence-corrected chi connectivity index (χ2v) is 21.0.